The SMILES string of the molecule is Cc1ccccc1CSc1nnc(CNC(=O)Nc2ccccc2C)n1-c1ccc(Cl)cc1Cl. The van der Waals surface area contributed by atoms with E-state index in [4.69, 9.17) is 23.2 Å². The van der Waals surface area contributed by atoms with Gasteiger partial charge in [0.05, 0.1) is 17.3 Å². The predicted octanol–water partition coefficient (Wildman–Crippen LogP) is 6.80. The van der Waals surface area contributed by atoms with Crippen LogP contribution in [0.5, 0.6) is 0 Å². The fourth-order valence-electron chi connectivity index (χ4n) is 3.37. The van der Waals surface area contributed by atoms with Crippen molar-refractivity contribution < 1.29 is 4.79 Å². The van der Waals surface area contributed by atoms with Crippen molar-refractivity contribution in [3.05, 3.63) is 99.3 Å². The van der Waals surface area contributed by atoms with Crippen LogP contribution in [0.3, 0.4) is 0 Å². The molecule has 0 unspecified atom stereocenters. The molecule has 0 radical (unpaired) electrons. The first-order valence-corrected chi connectivity index (χ1v) is 12.3. The van der Waals surface area contributed by atoms with Crippen LogP contribution in [0.15, 0.2) is 71.9 Å². The Morgan fingerprint density at radius 1 is 0.971 bits per heavy atom. The van der Waals surface area contributed by atoms with Gasteiger partial charge in [0.25, 0.3) is 0 Å². The largest absolute Gasteiger partial charge is 0.331 e. The third-order valence-corrected chi connectivity index (χ3v) is 6.78. The number of hydrogen-bond donors (Lipinski definition) is 2. The molecule has 0 atom stereocenters. The monoisotopic (exact) mass is 511 g/mol. The van der Waals surface area contributed by atoms with Gasteiger partial charge in [-0.05, 0) is 54.8 Å². The lowest BCUT2D eigenvalue weighted by atomic mass is 10.1. The summed E-state index contributed by atoms with van der Waals surface area (Å²) < 4.78 is 1.86. The van der Waals surface area contributed by atoms with Crippen molar-refractivity contribution in [1.82, 2.24) is 20.1 Å². The van der Waals surface area contributed by atoms with E-state index < -0.39 is 0 Å². The van der Waals surface area contributed by atoms with Gasteiger partial charge < -0.3 is 10.6 Å². The molecule has 34 heavy (non-hydrogen) atoms. The molecule has 2 amide bonds. The van der Waals surface area contributed by atoms with E-state index in [9.17, 15) is 4.79 Å². The molecule has 0 saturated carbocycles. The number of aryl methyl sites for hydroxylation is 2. The smallest absolute Gasteiger partial charge is 0.319 e. The summed E-state index contributed by atoms with van der Waals surface area (Å²) in [7, 11) is 0. The van der Waals surface area contributed by atoms with Gasteiger partial charge >= 0.3 is 6.03 Å². The summed E-state index contributed by atoms with van der Waals surface area (Å²) >= 11 is 14.2. The van der Waals surface area contributed by atoms with Crippen LogP contribution in [0.2, 0.25) is 10.0 Å². The Morgan fingerprint density at radius 3 is 2.44 bits per heavy atom. The van der Waals surface area contributed by atoms with E-state index in [1.165, 1.54) is 11.1 Å². The van der Waals surface area contributed by atoms with E-state index in [0.29, 0.717) is 26.7 Å². The number of thioether (sulfide) groups is 1. The fourth-order valence-corrected chi connectivity index (χ4v) is 4.90. The zero-order valence-corrected chi connectivity index (χ0v) is 21.0. The van der Waals surface area contributed by atoms with Crippen LogP contribution in [0.1, 0.15) is 22.5 Å². The summed E-state index contributed by atoms with van der Waals surface area (Å²) in [6.45, 7) is 4.18. The van der Waals surface area contributed by atoms with E-state index in [1.807, 2.05) is 54.0 Å². The first kappa shape index (κ1) is 24.1. The predicted molar refractivity (Wildman–Crippen MR) is 139 cm³/mol. The highest BCUT2D eigenvalue weighted by Crippen LogP contribution is 2.31. The van der Waals surface area contributed by atoms with Crippen LogP contribution >= 0.6 is 35.0 Å². The van der Waals surface area contributed by atoms with Crippen molar-refractivity contribution in [2.45, 2.75) is 31.3 Å². The molecule has 0 aliphatic carbocycles. The fraction of sp³-hybridized carbons (Fsp3) is 0.160. The van der Waals surface area contributed by atoms with Crippen LogP contribution in [0.4, 0.5) is 10.5 Å². The topological polar surface area (TPSA) is 71.8 Å². The van der Waals surface area contributed by atoms with Crippen molar-refractivity contribution in [1.29, 1.82) is 0 Å². The second kappa shape index (κ2) is 11.0. The third-order valence-electron chi connectivity index (χ3n) is 5.27. The molecular weight excluding hydrogens is 489 g/mol. The van der Waals surface area contributed by atoms with Gasteiger partial charge in [0, 0.05) is 16.5 Å². The maximum atomic E-state index is 12.5. The first-order valence-electron chi connectivity index (χ1n) is 10.6. The second-order valence-electron chi connectivity index (χ2n) is 7.67. The number of hydrogen-bond acceptors (Lipinski definition) is 4. The molecule has 4 rings (SSSR count). The second-order valence-corrected chi connectivity index (χ2v) is 9.45. The van der Waals surface area contributed by atoms with Gasteiger partial charge in [0.2, 0.25) is 0 Å². The highest BCUT2D eigenvalue weighted by molar-refractivity contribution is 7.98. The first-order chi connectivity index (χ1) is 16.4. The average Bonchev–Trinajstić information content (AvgIpc) is 3.21. The summed E-state index contributed by atoms with van der Waals surface area (Å²) in [5.41, 5.74) is 4.83. The lowest BCUT2D eigenvalue weighted by Gasteiger charge is -2.14. The molecule has 0 fully saturated rings. The molecule has 2 N–H and O–H groups in total. The van der Waals surface area contributed by atoms with E-state index in [2.05, 4.69) is 39.9 Å². The summed E-state index contributed by atoms with van der Waals surface area (Å²) in [5, 5.41) is 16.1. The lowest BCUT2D eigenvalue weighted by molar-refractivity contribution is 0.251. The van der Waals surface area contributed by atoms with E-state index in [0.717, 1.165) is 17.0 Å². The van der Waals surface area contributed by atoms with Gasteiger partial charge in [0.1, 0.15) is 0 Å². The molecule has 174 valence electrons. The van der Waals surface area contributed by atoms with E-state index >= 15 is 0 Å². The summed E-state index contributed by atoms with van der Waals surface area (Å²) in [6.07, 6.45) is 0. The zero-order chi connectivity index (χ0) is 24.1. The van der Waals surface area contributed by atoms with E-state index in [-0.39, 0.29) is 12.6 Å². The lowest BCUT2D eigenvalue weighted by Crippen LogP contribution is -2.29. The van der Waals surface area contributed by atoms with Gasteiger partial charge in [0.15, 0.2) is 11.0 Å². The molecule has 0 bridgehead atoms. The number of urea groups is 1. The Morgan fingerprint density at radius 2 is 1.71 bits per heavy atom. The Balaban J connectivity index is 1.57. The number of carbonyl (C=O) groups is 1. The molecule has 1 heterocycles. The summed E-state index contributed by atoms with van der Waals surface area (Å²) in [4.78, 5) is 12.5. The van der Waals surface area contributed by atoms with E-state index in [1.54, 1.807) is 23.9 Å². The van der Waals surface area contributed by atoms with Crippen molar-refractivity contribution >= 4 is 46.7 Å². The molecule has 3 aromatic carbocycles. The van der Waals surface area contributed by atoms with Gasteiger partial charge in [-0.2, -0.15) is 0 Å². The van der Waals surface area contributed by atoms with Crippen LogP contribution in [-0.2, 0) is 12.3 Å². The Hall–Kier alpha value is -3.00. The van der Waals surface area contributed by atoms with Crippen molar-refractivity contribution in [3.8, 4) is 5.69 Å². The molecule has 0 aliphatic rings. The molecule has 0 saturated heterocycles. The number of halogens is 2. The van der Waals surface area contributed by atoms with Crippen LogP contribution in [-0.4, -0.2) is 20.8 Å². The molecule has 0 spiro atoms. The highest BCUT2D eigenvalue weighted by atomic mass is 35.5. The van der Waals surface area contributed by atoms with Gasteiger partial charge in [-0.25, -0.2) is 4.79 Å². The maximum Gasteiger partial charge on any atom is 0.319 e. The number of amides is 2. The van der Waals surface area contributed by atoms with Crippen molar-refractivity contribution in [2.75, 3.05) is 5.32 Å². The van der Waals surface area contributed by atoms with Gasteiger partial charge in [-0.15, -0.1) is 10.2 Å². The molecule has 6 nitrogen and oxygen atoms in total. The molecule has 1 aromatic heterocycles. The van der Waals surface area contributed by atoms with Gasteiger partial charge in [-0.1, -0.05) is 77.4 Å². The minimum atomic E-state index is -0.333. The Labute approximate surface area is 212 Å². The highest BCUT2D eigenvalue weighted by Gasteiger charge is 2.18. The van der Waals surface area contributed by atoms with Crippen molar-refractivity contribution in [2.24, 2.45) is 0 Å². The number of para-hydroxylation sites is 1. The van der Waals surface area contributed by atoms with Crippen LogP contribution in [0, 0.1) is 13.8 Å². The number of nitrogens with zero attached hydrogens (tertiary/aromatic N) is 3. The molecule has 0 aliphatic heterocycles. The van der Waals surface area contributed by atoms with Gasteiger partial charge in [-0.3, -0.25) is 4.57 Å². The molecular formula is C25H23Cl2N5OS. The zero-order valence-electron chi connectivity index (χ0n) is 18.7. The van der Waals surface area contributed by atoms with Crippen molar-refractivity contribution in [3.63, 3.8) is 0 Å². The number of aromatic nitrogens is 3. The standard InChI is InChI=1S/C25H23Cl2N5OS/c1-16-7-3-5-9-18(16)15-34-25-31-30-23(32(25)22-12-11-19(26)13-20(22)27)14-28-24(33)29-21-10-6-4-8-17(21)2/h3-13H,14-15H2,1-2H3,(H2,28,29,33). The number of benzene rings is 3. The Bertz CT molecular complexity index is 1320. The maximum absolute atomic E-state index is 12.5. The molecule has 4 aromatic rings. The summed E-state index contributed by atoms with van der Waals surface area (Å²) in [6, 6.07) is 20.7. The quantitative estimate of drug-likeness (QED) is 0.267. The van der Waals surface area contributed by atoms with Crippen LogP contribution < -0.4 is 10.6 Å². The number of carbonyl (C=O) groups excluding carboxylic acids is 1. The molecule has 9 heteroatoms. The van der Waals surface area contributed by atoms with Crippen LogP contribution in [0.25, 0.3) is 5.69 Å². The average molecular weight is 512 g/mol. The summed E-state index contributed by atoms with van der Waals surface area (Å²) in [5.74, 6) is 1.27. The number of rotatable bonds is 7. The minimum absolute atomic E-state index is 0.161. The normalized spacial score (nSPS) is 10.8. The Kier molecular flexibility index (Phi) is 7.77. The number of anilines is 1. The third kappa shape index (κ3) is 5.73. The minimum Gasteiger partial charge on any atom is -0.331 e. The number of nitrogens with one attached hydrogen (secondary N) is 2.